The quantitative estimate of drug-likeness (QED) is 0.101. The standard InChI is InChI=1S/C41H40ClFN4O4/c1-28(36-23-44-40-35(22-38(42)46-47(36)40)45-29(2)33-20-12-13-21-34(33)43)39(49-25-31-16-8-4-9-17-31)41(50-26-32-18-10-5-11-19-32)37(51-41)27-48-24-30-14-6-3-7-15-30/h3-23,28-29,37,39,45H,24-27H2,1-2H3/t28-,29-,37+,39-,41-/m0/s1. The van der Waals surface area contributed by atoms with Gasteiger partial charge in [-0.3, -0.25) is 0 Å². The molecule has 0 saturated carbocycles. The van der Waals surface area contributed by atoms with Gasteiger partial charge in [0.1, 0.15) is 18.0 Å². The first-order valence-corrected chi connectivity index (χ1v) is 17.5. The zero-order valence-electron chi connectivity index (χ0n) is 28.5. The Hall–Kier alpha value is -4.64. The average molecular weight is 707 g/mol. The summed E-state index contributed by atoms with van der Waals surface area (Å²) in [5.74, 6) is -1.78. The number of anilines is 1. The van der Waals surface area contributed by atoms with Crippen LogP contribution < -0.4 is 5.32 Å². The summed E-state index contributed by atoms with van der Waals surface area (Å²) in [6.07, 6.45) is 0.763. The van der Waals surface area contributed by atoms with E-state index in [1.807, 2.05) is 111 Å². The van der Waals surface area contributed by atoms with Crippen molar-refractivity contribution in [2.24, 2.45) is 0 Å². The molecule has 7 rings (SSSR count). The van der Waals surface area contributed by atoms with Crippen molar-refractivity contribution in [1.82, 2.24) is 14.6 Å². The van der Waals surface area contributed by atoms with Crippen molar-refractivity contribution in [2.45, 2.75) is 63.6 Å². The molecule has 51 heavy (non-hydrogen) atoms. The van der Waals surface area contributed by atoms with Crippen molar-refractivity contribution < 1.29 is 23.3 Å². The lowest BCUT2D eigenvalue weighted by molar-refractivity contribution is -0.160. The second-order valence-electron chi connectivity index (χ2n) is 12.8. The number of epoxide rings is 1. The molecule has 10 heteroatoms. The summed E-state index contributed by atoms with van der Waals surface area (Å²) in [7, 11) is 0. The van der Waals surface area contributed by atoms with Crippen LogP contribution in [0.5, 0.6) is 0 Å². The van der Waals surface area contributed by atoms with E-state index < -0.39 is 18.0 Å². The number of rotatable bonds is 16. The van der Waals surface area contributed by atoms with Crippen molar-refractivity contribution in [2.75, 3.05) is 11.9 Å². The molecule has 5 atom stereocenters. The second kappa shape index (κ2) is 15.7. The van der Waals surface area contributed by atoms with Crippen LogP contribution in [-0.4, -0.2) is 39.2 Å². The monoisotopic (exact) mass is 706 g/mol. The number of halogens is 2. The number of hydrogen-bond donors (Lipinski definition) is 1. The van der Waals surface area contributed by atoms with Crippen LogP contribution in [0.1, 0.15) is 53.8 Å². The van der Waals surface area contributed by atoms with Gasteiger partial charge in [-0.1, -0.05) is 128 Å². The van der Waals surface area contributed by atoms with Gasteiger partial charge in [0, 0.05) is 17.5 Å². The van der Waals surface area contributed by atoms with E-state index in [-0.39, 0.29) is 22.9 Å². The smallest absolute Gasteiger partial charge is 0.225 e. The lowest BCUT2D eigenvalue weighted by Crippen LogP contribution is -2.42. The third-order valence-electron chi connectivity index (χ3n) is 9.20. The number of imidazole rings is 1. The maximum absolute atomic E-state index is 14.7. The van der Waals surface area contributed by atoms with Crippen LogP contribution in [0.25, 0.3) is 5.65 Å². The fraction of sp³-hybridized carbons (Fsp3) is 0.268. The molecule has 1 saturated heterocycles. The summed E-state index contributed by atoms with van der Waals surface area (Å²) in [6.45, 7) is 5.33. The number of aromatic nitrogens is 3. The van der Waals surface area contributed by atoms with E-state index in [0.717, 1.165) is 22.4 Å². The van der Waals surface area contributed by atoms with Gasteiger partial charge in [-0.05, 0) is 29.7 Å². The Balaban J connectivity index is 1.21. The van der Waals surface area contributed by atoms with Crippen molar-refractivity contribution >= 4 is 22.9 Å². The number of nitrogens with one attached hydrogen (secondary N) is 1. The summed E-state index contributed by atoms with van der Waals surface area (Å²) < 4.78 is 42.6. The molecule has 6 aromatic rings. The van der Waals surface area contributed by atoms with Crippen LogP contribution in [0.4, 0.5) is 10.1 Å². The van der Waals surface area contributed by atoms with Crippen molar-refractivity contribution in [3.8, 4) is 0 Å². The molecule has 0 spiro atoms. The zero-order valence-corrected chi connectivity index (χ0v) is 29.2. The molecule has 4 aromatic carbocycles. The SMILES string of the molecule is C[C@H](Nc1cc(Cl)nn2c([C@H](C)[C@H](OCc3ccccc3)[C@@]3(OCc4ccccc4)O[C@@H]3COCc3ccccc3)cnc12)c1ccccc1F. The lowest BCUT2D eigenvalue weighted by Gasteiger charge is -2.30. The molecule has 1 aliphatic rings. The molecular formula is C41H40ClFN4O4. The van der Waals surface area contributed by atoms with E-state index in [4.69, 9.17) is 35.5 Å². The highest BCUT2D eigenvalue weighted by molar-refractivity contribution is 6.29. The second-order valence-corrected chi connectivity index (χ2v) is 13.2. The van der Waals surface area contributed by atoms with Gasteiger partial charge in [0.05, 0.1) is 50.0 Å². The Bertz CT molecular complexity index is 2030. The highest BCUT2D eigenvalue weighted by Crippen LogP contribution is 2.48. The predicted octanol–water partition coefficient (Wildman–Crippen LogP) is 8.91. The number of ether oxygens (including phenoxy) is 4. The van der Waals surface area contributed by atoms with Crippen LogP contribution in [0, 0.1) is 5.82 Å². The first-order valence-electron chi connectivity index (χ1n) is 17.1. The first kappa shape index (κ1) is 34.8. The third-order valence-corrected chi connectivity index (χ3v) is 9.39. The zero-order chi connectivity index (χ0) is 35.2. The van der Waals surface area contributed by atoms with Gasteiger partial charge in [0.2, 0.25) is 5.79 Å². The van der Waals surface area contributed by atoms with E-state index in [0.29, 0.717) is 43.3 Å². The van der Waals surface area contributed by atoms with E-state index in [1.165, 1.54) is 6.07 Å². The maximum Gasteiger partial charge on any atom is 0.225 e. The lowest BCUT2D eigenvalue weighted by atomic mass is 9.94. The molecule has 0 bridgehead atoms. The van der Waals surface area contributed by atoms with E-state index in [2.05, 4.69) is 10.4 Å². The third kappa shape index (κ3) is 7.98. The Morgan fingerprint density at radius 2 is 1.45 bits per heavy atom. The molecule has 8 nitrogen and oxygen atoms in total. The van der Waals surface area contributed by atoms with Gasteiger partial charge in [0.15, 0.2) is 10.8 Å². The normalized spacial score (nSPS) is 18.7. The Morgan fingerprint density at radius 3 is 2.12 bits per heavy atom. The molecule has 0 amide bonds. The largest absolute Gasteiger partial charge is 0.375 e. The average Bonchev–Trinajstić information content (AvgIpc) is 3.68. The van der Waals surface area contributed by atoms with Crippen LogP contribution in [0.2, 0.25) is 5.15 Å². The minimum absolute atomic E-state index is 0.254. The van der Waals surface area contributed by atoms with E-state index in [1.54, 1.807) is 28.9 Å². The fourth-order valence-electron chi connectivity index (χ4n) is 6.46. The molecular weight excluding hydrogens is 667 g/mol. The molecule has 1 aliphatic heterocycles. The van der Waals surface area contributed by atoms with E-state index >= 15 is 0 Å². The van der Waals surface area contributed by atoms with Crippen LogP contribution in [0.3, 0.4) is 0 Å². The number of hydrogen-bond acceptors (Lipinski definition) is 7. The Morgan fingerprint density at radius 1 is 0.843 bits per heavy atom. The predicted molar refractivity (Wildman–Crippen MR) is 195 cm³/mol. The minimum Gasteiger partial charge on any atom is -0.375 e. The maximum atomic E-state index is 14.7. The Kier molecular flexibility index (Phi) is 10.7. The van der Waals surface area contributed by atoms with Gasteiger partial charge in [-0.2, -0.15) is 5.10 Å². The van der Waals surface area contributed by atoms with Crippen molar-refractivity contribution in [1.29, 1.82) is 0 Å². The first-order chi connectivity index (χ1) is 24.9. The Labute approximate surface area is 302 Å². The summed E-state index contributed by atoms with van der Waals surface area (Å²) >= 11 is 6.62. The van der Waals surface area contributed by atoms with Gasteiger partial charge in [-0.15, -0.1) is 0 Å². The molecule has 0 radical (unpaired) electrons. The van der Waals surface area contributed by atoms with Gasteiger partial charge < -0.3 is 24.3 Å². The molecule has 0 aliphatic carbocycles. The highest BCUT2D eigenvalue weighted by atomic mass is 35.5. The molecule has 0 unspecified atom stereocenters. The molecule has 1 N–H and O–H groups in total. The summed E-state index contributed by atoms with van der Waals surface area (Å²) in [6, 6.07) is 38.0. The molecule has 2 aromatic heterocycles. The van der Waals surface area contributed by atoms with Gasteiger partial charge in [0.25, 0.3) is 0 Å². The van der Waals surface area contributed by atoms with Crippen LogP contribution in [0.15, 0.2) is 128 Å². The number of benzene rings is 4. The number of fused-ring (bicyclic) bond motifs is 1. The van der Waals surface area contributed by atoms with Gasteiger partial charge in [-0.25, -0.2) is 13.9 Å². The fourth-order valence-corrected chi connectivity index (χ4v) is 6.64. The number of nitrogens with zero attached hydrogens (tertiary/aromatic N) is 3. The molecule has 3 heterocycles. The molecule has 1 fully saturated rings. The summed E-state index contributed by atoms with van der Waals surface area (Å²) in [4.78, 5) is 4.77. The topological polar surface area (TPSA) is 82.4 Å². The van der Waals surface area contributed by atoms with Gasteiger partial charge >= 0.3 is 0 Å². The van der Waals surface area contributed by atoms with Crippen molar-refractivity contribution in [3.63, 3.8) is 0 Å². The minimum atomic E-state index is -1.14. The van der Waals surface area contributed by atoms with Crippen molar-refractivity contribution in [3.05, 3.63) is 166 Å². The highest BCUT2D eigenvalue weighted by Gasteiger charge is 2.65. The van der Waals surface area contributed by atoms with Crippen LogP contribution in [-0.2, 0) is 38.8 Å². The van der Waals surface area contributed by atoms with Crippen LogP contribution >= 0.6 is 11.6 Å². The summed E-state index contributed by atoms with van der Waals surface area (Å²) in [5, 5.41) is 8.30. The summed E-state index contributed by atoms with van der Waals surface area (Å²) in [5.41, 5.74) is 5.53. The van der Waals surface area contributed by atoms with E-state index in [9.17, 15) is 4.39 Å². The molecule has 262 valence electrons.